The van der Waals surface area contributed by atoms with Gasteiger partial charge in [-0.2, -0.15) is 4.37 Å². The third-order valence-corrected chi connectivity index (χ3v) is 5.71. The largest absolute Gasteiger partial charge is 0.349 e. The molecule has 152 valence electrons. The van der Waals surface area contributed by atoms with Crippen LogP contribution >= 0.6 is 11.5 Å². The molecule has 10 heteroatoms. The van der Waals surface area contributed by atoms with E-state index in [-0.39, 0.29) is 0 Å². The molecule has 0 atom stereocenters. The van der Waals surface area contributed by atoms with Crippen molar-refractivity contribution in [3.05, 3.63) is 48.3 Å². The second-order valence-corrected chi connectivity index (χ2v) is 7.40. The van der Waals surface area contributed by atoms with Gasteiger partial charge in [0.05, 0.1) is 6.54 Å². The lowest BCUT2D eigenvalue weighted by Crippen LogP contribution is -2.52. The van der Waals surface area contributed by atoms with Gasteiger partial charge >= 0.3 is 0 Å². The van der Waals surface area contributed by atoms with Crippen LogP contribution in [0.2, 0.25) is 0 Å². The molecule has 0 amide bonds. The second-order valence-electron chi connectivity index (χ2n) is 6.67. The minimum Gasteiger partial charge on any atom is -0.349 e. The first-order valence-electron chi connectivity index (χ1n) is 9.76. The highest BCUT2D eigenvalue weighted by molar-refractivity contribution is 7.09. The Morgan fingerprint density at radius 2 is 1.97 bits per heavy atom. The molecule has 0 saturated carbocycles. The predicted molar refractivity (Wildman–Crippen MR) is 115 cm³/mol. The van der Waals surface area contributed by atoms with E-state index in [0.29, 0.717) is 6.54 Å². The van der Waals surface area contributed by atoms with Crippen LogP contribution in [0.3, 0.4) is 0 Å². The summed E-state index contributed by atoms with van der Waals surface area (Å²) >= 11 is 1.49. The highest BCUT2D eigenvalue weighted by atomic mass is 32.1. The molecular formula is C19H25N9S. The Hall–Kier alpha value is -3.01. The van der Waals surface area contributed by atoms with E-state index in [4.69, 9.17) is 0 Å². The quantitative estimate of drug-likeness (QED) is 0.504. The zero-order chi connectivity index (χ0) is 20.1. The minimum atomic E-state index is 0.554. The summed E-state index contributed by atoms with van der Waals surface area (Å²) in [6.07, 6.45) is 2.61. The number of rotatable bonds is 5. The summed E-state index contributed by atoms with van der Waals surface area (Å²) in [7, 11) is 1.81. The molecule has 1 N–H and O–H groups in total. The molecule has 1 saturated heterocycles. The van der Waals surface area contributed by atoms with Crippen molar-refractivity contribution in [1.82, 2.24) is 34.3 Å². The number of aliphatic imine (C=N–C) groups is 1. The Morgan fingerprint density at radius 3 is 2.66 bits per heavy atom. The third kappa shape index (κ3) is 4.37. The van der Waals surface area contributed by atoms with Gasteiger partial charge in [0.15, 0.2) is 11.8 Å². The SMILES string of the molecule is CCc1nsc(N2CCN(C(=NC)NCc3nncn3-c3ccccc3)CC2)n1. The molecule has 1 aromatic carbocycles. The zero-order valence-corrected chi connectivity index (χ0v) is 17.5. The Bertz CT molecular complexity index is 942. The number of benzene rings is 1. The average molecular weight is 412 g/mol. The number of aromatic nitrogens is 5. The summed E-state index contributed by atoms with van der Waals surface area (Å²) in [6.45, 7) is 6.20. The number of anilines is 1. The van der Waals surface area contributed by atoms with Crippen LogP contribution in [0.5, 0.6) is 0 Å². The van der Waals surface area contributed by atoms with Crippen LogP contribution in [0.25, 0.3) is 5.69 Å². The second kappa shape index (κ2) is 8.99. The fraction of sp³-hybridized carbons (Fsp3) is 0.421. The van der Waals surface area contributed by atoms with Crippen LogP contribution in [0.1, 0.15) is 18.6 Å². The molecule has 0 aliphatic carbocycles. The van der Waals surface area contributed by atoms with Gasteiger partial charge in [-0.25, -0.2) is 4.98 Å². The molecule has 1 fully saturated rings. The van der Waals surface area contributed by atoms with Crippen molar-refractivity contribution in [3.63, 3.8) is 0 Å². The van der Waals surface area contributed by atoms with E-state index in [9.17, 15) is 0 Å². The van der Waals surface area contributed by atoms with Gasteiger partial charge in [0.2, 0.25) is 5.13 Å². The van der Waals surface area contributed by atoms with Gasteiger partial charge in [0.25, 0.3) is 0 Å². The Labute approximate surface area is 174 Å². The molecule has 3 aromatic rings. The van der Waals surface area contributed by atoms with Crippen LogP contribution in [0.15, 0.2) is 41.7 Å². The maximum absolute atomic E-state index is 4.60. The van der Waals surface area contributed by atoms with Crippen molar-refractivity contribution in [3.8, 4) is 5.69 Å². The number of nitrogens with zero attached hydrogens (tertiary/aromatic N) is 8. The highest BCUT2D eigenvalue weighted by Crippen LogP contribution is 2.19. The van der Waals surface area contributed by atoms with Crippen LogP contribution in [0, 0.1) is 0 Å². The van der Waals surface area contributed by atoms with E-state index < -0.39 is 0 Å². The molecule has 29 heavy (non-hydrogen) atoms. The van der Waals surface area contributed by atoms with Crippen LogP contribution in [0.4, 0.5) is 5.13 Å². The van der Waals surface area contributed by atoms with Gasteiger partial charge in [-0.1, -0.05) is 25.1 Å². The molecule has 0 unspecified atom stereocenters. The summed E-state index contributed by atoms with van der Waals surface area (Å²) in [5, 5.41) is 12.8. The van der Waals surface area contributed by atoms with Crippen LogP contribution < -0.4 is 10.2 Å². The molecular weight excluding hydrogens is 386 g/mol. The molecule has 0 bridgehead atoms. The number of hydrogen-bond acceptors (Lipinski definition) is 7. The van der Waals surface area contributed by atoms with E-state index in [0.717, 1.165) is 61.0 Å². The molecule has 1 aliphatic heterocycles. The normalized spacial score (nSPS) is 15.0. The molecule has 2 aromatic heterocycles. The van der Waals surface area contributed by atoms with Crippen molar-refractivity contribution < 1.29 is 0 Å². The topological polar surface area (TPSA) is 87.4 Å². The number of aryl methyl sites for hydroxylation is 1. The average Bonchev–Trinajstić information content (AvgIpc) is 3.45. The molecule has 1 aliphatic rings. The van der Waals surface area contributed by atoms with Gasteiger partial charge in [-0.15, -0.1) is 10.2 Å². The van der Waals surface area contributed by atoms with Gasteiger partial charge in [-0.3, -0.25) is 9.56 Å². The molecule has 9 nitrogen and oxygen atoms in total. The first-order valence-corrected chi connectivity index (χ1v) is 10.5. The summed E-state index contributed by atoms with van der Waals surface area (Å²) in [5.74, 6) is 2.64. The van der Waals surface area contributed by atoms with Crippen LogP contribution in [-0.4, -0.2) is 68.2 Å². The lowest BCUT2D eigenvalue weighted by molar-refractivity contribution is 0.371. The Morgan fingerprint density at radius 1 is 1.17 bits per heavy atom. The first-order chi connectivity index (χ1) is 14.3. The standard InChI is InChI=1S/C19H25N9S/c1-3-16-23-19(29-25-16)27-11-9-26(10-12-27)18(20-2)21-13-17-24-22-14-28(17)15-7-5-4-6-8-15/h4-8,14H,3,9-13H2,1-2H3,(H,20,21). The van der Waals surface area contributed by atoms with Gasteiger partial charge in [0.1, 0.15) is 12.2 Å². The van der Waals surface area contributed by atoms with Crippen molar-refractivity contribution in [2.24, 2.45) is 4.99 Å². The first kappa shape index (κ1) is 19.3. The van der Waals surface area contributed by atoms with Crippen LogP contribution in [-0.2, 0) is 13.0 Å². The minimum absolute atomic E-state index is 0.554. The maximum atomic E-state index is 4.60. The Kier molecular flexibility index (Phi) is 5.99. The monoisotopic (exact) mass is 411 g/mol. The third-order valence-electron chi connectivity index (χ3n) is 4.89. The number of piperazine rings is 1. The molecule has 0 radical (unpaired) electrons. The van der Waals surface area contributed by atoms with E-state index in [1.54, 1.807) is 6.33 Å². The van der Waals surface area contributed by atoms with E-state index >= 15 is 0 Å². The fourth-order valence-electron chi connectivity index (χ4n) is 3.30. The smallest absolute Gasteiger partial charge is 0.205 e. The van der Waals surface area contributed by atoms with Crippen molar-refractivity contribution in [2.75, 3.05) is 38.1 Å². The summed E-state index contributed by atoms with van der Waals surface area (Å²) in [4.78, 5) is 13.6. The lowest BCUT2D eigenvalue weighted by atomic mass is 10.3. The summed E-state index contributed by atoms with van der Waals surface area (Å²) < 4.78 is 6.38. The number of hydrogen-bond donors (Lipinski definition) is 1. The van der Waals surface area contributed by atoms with Crippen molar-refractivity contribution in [2.45, 2.75) is 19.9 Å². The summed E-state index contributed by atoms with van der Waals surface area (Å²) in [6, 6.07) is 10.1. The lowest BCUT2D eigenvalue weighted by Gasteiger charge is -2.36. The molecule has 4 rings (SSSR count). The fourth-order valence-corrected chi connectivity index (χ4v) is 4.10. The molecule has 3 heterocycles. The van der Waals surface area contributed by atoms with Gasteiger partial charge in [-0.05, 0) is 12.1 Å². The number of para-hydroxylation sites is 1. The predicted octanol–water partition coefficient (Wildman–Crippen LogP) is 1.58. The molecule has 0 spiro atoms. The maximum Gasteiger partial charge on any atom is 0.205 e. The Balaban J connectivity index is 1.35. The zero-order valence-electron chi connectivity index (χ0n) is 16.7. The van der Waals surface area contributed by atoms with Gasteiger partial charge < -0.3 is 15.1 Å². The van der Waals surface area contributed by atoms with E-state index in [1.807, 2.05) is 41.9 Å². The van der Waals surface area contributed by atoms with E-state index in [1.165, 1.54) is 11.5 Å². The van der Waals surface area contributed by atoms with Crippen molar-refractivity contribution >= 4 is 22.6 Å². The number of guanidine groups is 1. The highest BCUT2D eigenvalue weighted by Gasteiger charge is 2.22. The van der Waals surface area contributed by atoms with E-state index in [2.05, 4.69) is 46.6 Å². The summed E-state index contributed by atoms with van der Waals surface area (Å²) in [5.41, 5.74) is 1.04. The number of nitrogens with one attached hydrogen (secondary N) is 1. The van der Waals surface area contributed by atoms with Crippen molar-refractivity contribution in [1.29, 1.82) is 0 Å². The van der Waals surface area contributed by atoms with Gasteiger partial charge in [0, 0.05) is 56.9 Å².